The minimum Gasteiger partial charge on any atom is -0.460 e. The molecule has 1 aliphatic carbocycles. The lowest BCUT2D eigenvalue weighted by Gasteiger charge is -2.24. The van der Waals surface area contributed by atoms with Gasteiger partial charge in [0.2, 0.25) is 0 Å². The molecule has 3 nitrogen and oxygen atoms in total. The fourth-order valence-electron chi connectivity index (χ4n) is 4.92. The minimum absolute atomic E-state index is 0.225. The summed E-state index contributed by atoms with van der Waals surface area (Å²) in [7, 11) is 0. The van der Waals surface area contributed by atoms with Gasteiger partial charge in [0.25, 0.3) is 0 Å². The molecule has 2 heterocycles. The largest absolute Gasteiger partial charge is 0.460 e. The van der Waals surface area contributed by atoms with Gasteiger partial charge in [-0.2, -0.15) is 0 Å². The lowest BCUT2D eigenvalue weighted by atomic mass is 9.81. The minimum atomic E-state index is -0.328. The van der Waals surface area contributed by atoms with Crippen molar-refractivity contribution < 1.29 is 9.53 Å². The Morgan fingerprint density at radius 3 is 2.42 bits per heavy atom. The van der Waals surface area contributed by atoms with Gasteiger partial charge in [0.1, 0.15) is 5.60 Å². The third-order valence-electron chi connectivity index (χ3n) is 6.01. The van der Waals surface area contributed by atoms with Crippen LogP contribution in [0.3, 0.4) is 0 Å². The van der Waals surface area contributed by atoms with E-state index in [-0.39, 0.29) is 11.6 Å². The molecule has 1 aliphatic heterocycles. The standard InChI is InChI=1S/C22H25N.C6H12O2/c1-3-18-16(2)10-9-15-23-20-14-8-7-13-19(20)21(22(18)23)17-11-5-4-6-12-17;1-5(7)8-6(2,3)4/h3,7-10,13-14,17H,1,4-6,11-12,15H2,2H3;1-4H3. The third kappa shape index (κ3) is 5.39. The number of hydrogen-bond donors (Lipinski definition) is 0. The van der Waals surface area contributed by atoms with E-state index in [4.69, 9.17) is 4.74 Å². The SMILES string of the molecule is C=CC1=C(C)C=CCn2c1c(C1CCCCC1)c1ccccc12.CC(=O)OC(C)(C)C. The van der Waals surface area contributed by atoms with Crippen LogP contribution < -0.4 is 0 Å². The van der Waals surface area contributed by atoms with E-state index in [1.807, 2.05) is 20.8 Å². The highest BCUT2D eigenvalue weighted by Gasteiger charge is 2.27. The van der Waals surface area contributed by atoms with Crippen molar-refractivity contribution in [2.45, 2.75) is 84.8 Å². The van der Waals surface area contributed by atoms with Gasteiger partial charge in [-0.15, -0.1) is 0 Å². The Balaban J connectivity index is 0.000000293. The molecule has 0 amide bonds. The summed E-state index contributed by atoms with van der Waals surface area (Å²) in [6, 6.07) is 8.95. The molecule has 1 fully saturated rings. The number of carbonyl (C=O) groups excluding carboxylic acids is 1. The lowest BCUT2D eigenvalue weighted by molar-refractivity contribution is -0.151. The van der Waals surface area contributed by atoms with Crippen LogP contribution in [0.4, 0.5) is 0 Å². The van der Waals surface area contributed by atoms with Crippen LogP contribution in [-0.2, 0) is 16.1 Å². The lowest BCUT2D eigenvalue weighted by Crippen LogP contribution is -2.21. The molecule has 31 heavy (non-hydrogen) atoms. The summed E-state index contributed by atoms with van der Waals surface area (Å²) in [5.41, 5.74) is 6.70. The predicted octanol–water partition coefficient (Wildman–Crippen LogP) is 7.57. The highest BCUT2D eigenvalue weighted by atomic mass is 16.6. The first-order chi connectivity index (χ1) is 14.7. The molecule has 0 spiro atoms. The average Bonchev–Trinajstić information content (AvgIpc) is 2.92. The Labute approximate surface area is 187 Å². The molecule has 1 aromatic heterocycles. The molecule has 2 aliphatic rings. The monoisotopic (exact) mass is 419 g/mol. The zero-order valence-electron chi connectivity index (χ0n) is 19.8. The summed E-state index contributed by atoms with van der Waals surface area (Å²) in [6.07, 6.45) is 13.4. The maximum atomic E-state index is 10.2. The molecule has 0 N–H and O–H groups in total. The number of hydrogen-bond acceptors (Lipinski definition) is 2. The van der Waals surface area contributed by atoms with E-state index in [1.54, 1.807) is 5.56 Å². The van der Waals surface area contributed by atoms with E-state index >= 15 is 0 Å². The number of nitrogens with zero attached hydrogens (tertiary/aromatic N) is 1. The number of rotatable bonds is 2. The van der Waals surface area contributed by atoms with E-state index < -0.39 is 0 Å². The topological polar surface area (TPSA) is 31.2 Å². The number of fused-ring (bicyclic) bond motifs is 3. The first-order valence-electron chi connectivity index (χ1n) is 11.5. The normalized spacial score (nSPS) is 16.9. The number of carbonyl (C=O) groups is 1. The molecule has 0 atom stereocenters. The second kappa shape index (κ2) is 9.72. The van der Waals surface area contributed by atoms with Gasteiger partial charge in [-0.25, -0.2) is 0 Å². The summed E-state index contributed by atoms with van der Waals surface area (Å²) in [6.45, 7) is 14.2. The van der Waals surface area contributed by atoms with Crippen molar-refractivity contribution in [3.63, 3.8) is 0 Å². The number of esters is 1. The summed E-state index contributed by atoms with van der Waals surface area (Å²) in [5.74, 6) is 0.475. The molecule has 0 radical (unpaired) electrons. The number of benzene rings is 1. The van der Waals surface area contributed by atoms with Gasteiger partial charge in [0.05, 0.1) is 5.69 Å². The van der Waals surface area contributed by atoms with Crippen LogP contribution in [-0.4, -0.2) is 16.1 Å². The molecule has 1 aromatic carbocycles. The molecule has 3 heteroatoms. The summed E-state index contributed by atoms with van der Waals surface area (Å²) < 4.78 is 7.30. The van der Waals surface area contributed by atoms with Crippen molar-refractivity contribution in [2.24, 2.45) is 0 Å². The van der Waals surface area contributed by atoms with Crippen LogP contribution in [0.5, 0.6) is 0 Å². The molecular weight excluding hydrogens is 382 g/mol. The van der Waals surface area contributed by atoms with Crippen molar-refractivity contribution in [1.82, 2.24) is 4.57 Å². The van der Waals surface area contributed by atoms with Crippen LogP contribution in [0.15, 0.2) is 54.6 Å². The van der Waals surface area contributed by atoms with Crippen molar-refractivity contribution in [3.8, 4) is 0 Å². The molecule has 0 bridgehead atoms. The molecule has 0 saturated heterocycles. The van der Waals surface area contributed by atoms with Gasteiger partial charge < -0.3 is 9.30 Å². The zero-order chi connectivity index (χ0) is 22.6. The molecule has 166 valence electrons. The second-order valence-corrected chi connectivity index (χ2v) is 9.63. The van der Waals surface area contributed by atoms with Crippen molar-refractivity contribution in [3.05, 3.63) is 65.9 Å². The van der Waals surface area contributed by atoms with Gasteiger partial charge in [-0.1, -0.05) is 62.3 Å². The van der Waals surface area contributed by atoms with Crippen LogP contribution in [0.1, 0.15) is 83.9 Å². The summed E-state index contributed by atoms with van der Waals surface area (Å²) >= 11 is 0. The summed E-state index contributed by atoms with van der Waals surface area (Å²) in [5, 5.41) is 1.46. The van der Waals surface area contributed by atoms with Crippen LogP contribution in [0.2, 0.25) is 0 Å². The molecule has 2 aromatic rings. The smallest absolute Gasteiger partial charge is 0.303 e. The van der Waals surface area contributed by atoms with Crippen LogP contribution in [0, 0.1) is 0 Å². The zero-order valence-corrected chi connectivity index (χ0v) is 19.8. The van der Waals surface area contributed by atoms with E-state index in [1.165, 1.54) is 66.8 Å². The van der Waals surface area contributed by atoms with E-state index in [0.717, 1.165) is 6.54 Å². The molecule has 4 rings (SSSR count). The predicted molar refractivity (Wildman–Crippen MR) is 131 cm³/mol. The van der Waals surface area contributed by atoms with Crippen molar-refractivity contribution in [1.29, 1.82) is 0 Å². The maximum Gasteiger partial charge on any atom is 0.303 e. The van der Waals surface area contributed by atoms with Gasteiger partial charge in [0, 0.05) is 29.9 Å². The van der Waals surface area contributed by atoms with Gasteiger partial charge in [-0.3, -0.25) is 4.79 Å². The Morgan fingerprint density at radius 2 is 1.84 bits per heavy atom. The van der Waals surface area contributed by atoms with Crippen molar-refractivity contribution in [2.75, 3.05) is 0 Å². The van der Waals surface area contributed by atoms with E-state index in [0.29, 0.717) is 5.92 Å². The van der Waals surface area contributed by atoms with Crippen LogP contribution >= 0.6 is 0 Å². The van der Waals surface area contributed by atoms with Gasteiger partial charge in [0.15, 0.2) is 0 Å². The van der Waals surface area contributed by atoms with Crippen molar-refractivity contribution >= 4 is 22.4 Å². The Hall–Kier alpha value is -2.55. The number of ether oxygens (including phenoxy) is 1. The van der Waals surface area contributed by atoms with Crippen LogP contribution in [0.25, 0.3) is 16.5 Å². The Bertz CT molecular complexity index is 1010. The fourth-order valence-corrected chi connectivity index (χ4v) is 4.92. The van der Waals surface area contributed by atoms with Gasteiger partial charge in [-0.05, 0) is 63.7 Å². The highest BCUT2D eigenvalue weighted by Crippen LogP contribution is 2.43. The highest BCUT2D eigenvalue weighted by molar-refractivity contribution is 5.94. The third-order valence-corrected chi connectivity index (χ3v) is 6.01. The van der Waals surface area contributed by atoms with E-state index in [9.17, 15) is 4.79 Å². The number of allylic oxidation sites excluding steroid dienone is 5. The fraction of sp³-hybridized carbons (Fsp3) is 0.464. The molecule has 0 unspecified atom stereocenters. The Kier molecular flexibility index (Phi) is 7.25. The van der Waals surface area contributed by atoms with E-state index in [2.05, 4.69) is 60.6 Å². The maximum absolute atomic E-state index is 10.2. The number of para-hydroxylation sites is 1. The average molecular weight is 420 g/mol. The first-order valence-corrected chi connectivity index (χ1v) is 11.5. The Morgan fingerprint density at radius 1 is 1.16 bits per heavy atom. The second-order valence-electron chi connectivity index (χ2n) is 9.63. The summed E-state index contributed by atoms with van der Waals surface area (Å²) in [4.78, 5) is 10.2. The molecular formula is C28H37NO2. The van der Waals surface area contributed by atoms with Gasteiger partial charge >= 0.3 is 5.97 Å². The molecule has 1 saturated carbocycles. The first kappa shape index (κ1) is 23.1. The quantitative estimate of drug-likeness (QED) is 0.470. The number of aromatic nitrogens is 1.